The highest BCUT2D eigenvalue weighted by atomic mass is 16.4. The molecule has 1 heterocycles. The molecule has 2 rings (SSSR count). The van der Waals surface area contributed by atoms with Crippen LogP contribution in [0.5, 0.6) is 0 Å². The Morgan fingerprint density at radius 1 is 1.53 bits per heavy atom. The molecule has 78 valence electrons. The molecule has 0 amide bonds. The van der Waals surface area contributed by atoms with Crippen LogP contribution in [0, 0.1) is 0 Å². The average Bonchev–Trinajstić information content (AvgIpc) is 2.58. The van der Waals surface area contributed by atoms with Crippen LogP contribution in [0.3, 0.4) is 0 Å². The van der Waals surface area contributed by atoms with Crippen LogP contribution in [0.15, 0.2) is 22.6 Å². The Morgan fingerprint density at radius 2 is 2.33 bits per heavy atom. The lowest BCUT2D eigenvalue weighted by molar-refractivity contribution is -0.304. The van der Waals surface area contributed by atoms with Gasteiger partial charge in [0.15, 0.2) is 11.5 Å². The number of hydrogen-bond acceptors (Lipinski definition) is 4. The minimum absolute atomic E-state index is 0.0930. The summed E-state index contributed by atoms with van der Waals surface area (Å²) in [5.41, 5.74) is 2.07. The molecular formula is C11H10NO3-. The summed E-state index contributed by atoms with van der Waals surface area (Å²) in [6, 6.07) is 5.16. The van der Waals surface area contributed by atoms with Gasteiger partial charge in [0.25, 0.3) is 0 Å². The topological polar surface area (TPSA) is 66.2 Å². The van der Waals surface area contributed by atoms with E-state index in [1.807, 2.05) is 6.92 Å². The van der Waals surface area contributed by atoms with Crippen molar-refractivity contribution in [3.8, 4) is 0 Å². The largest absolute Gasteiger partial charge is 0.550 e. The molecule has 0 atom stereocenters. The van der Waals surface area contributed by atoms with Gasteiger partial charge in [0, 0.05) is 18.8 Å². The summed E-state index contributed by atoms with van der Waals surface area (Å²) in [6.45, 7) is 1.95. The molecule has 4 nitrogen and oxygen atoms in total. The Balaban J connectivity index is 2.41. The van der Waals surface area contributed by atoms with Gasteiger partial charge in [-0.1, -0.05) is 13.0 Å². The average molecular weight is 204 g/mol. The number of carbonyl (C=O) groups excluding carboxylic acids is 1. The van der Waals surface area contributed by atoms with Crippen LogP contribution < -0.4 is 5.11 Å². The van der Waals surface area contributed by atoms with Crippen molar-refractivity contribution >= 4 is 17.1 Å². The van der Waals surface area contributed by atoms with Crippen molar-refractivity contribution < 1.29 is 14.3 Å². The molecule has 0 unspecified atom stereocenters. The minimum atomic E-state index is -1.09. The van der Waals surface area contributed by atoms with Crippen LogP contribution in [0.4, 0.5) is 0 Å². The first-order chi connectivity index (χ1) is 7.19. The predicted octanol–water partition coefficient (Wildman–Crippen LogP) is 0.683. The first kappa shape index (κ1) is 9.71. The molecule has 0 aliphatic rings. The van der Waals surface area contributed by atoms with Gasteiger partial charge in [-0.2, -0.15) is 0 Å². The number of rotatable bonds is 3. The Bertz CT molecular complexity index is 502. The molecule has 4 heteroatoms. The summed E-state index contributed by atoms with van der Waals surface area (Å²) in [4.78, 5) is 14.6. The highest BCUT2D eigenvalue weighted by molar-refractivity contribution is 5.76. The maximum Gasteiger partial charge on any atom is 0.195 e. The van der Waals surface area contributed by atoms with Crippen LogP contribution >= 0.6 is 0 Å². The number of nitrogens with zero attached hydrogens (tertiary/aromatic N) is 1. The minimum Gasteiger partial charge on any atom is -0.550 e. The van der Waals surface area contributed by atoms with Crippen molar-refractivity contribution in [2.24, 2.45) is 0 Å². The highest BCUT2D eigenvalue weighted by Crippen LogP contribution is 2.17. The standard InChI is InChI=1S/C11H11NO3/c1-2-10-12-8-5-7(6-11(13)14)3-4-9(8)15-10/h3-5H,2,6H2,1H3,(H,13,14)/p-1. The van der Waals surface area contributed by atoms with Crippen LogP contribution in [0.25, 0.3) is 11.1 Å². The van der Waals surface area contributed by atoms with E-state index in [0.29, 0.717) is 22.6 Å². The van der Waals surface area contributed by atoms with Gasteiger partial charge in [-0.25, -0.2) is 4.98 Å². The van der Waals surface area contributed by atoms with E-state index in [0.717, 1.165) is 6.42 Å². The maximum absolute atomic E-state index is 10.4. The van der Waals surface area contributed by atoms with Gasteiger partial charge >= 0.3 is 0 Å². The van der Waals surface area contributed by atoms with Crippen LogP contribution in [-0.4, -0.2) is 11.0 Å². The third kappa shape index (κ3) is 1.98. The van der Waals surface area contributed by atoms with Crippen molar-refractivity contribution in [3.63, 3.8) is 0 Å². The molecule has 0 spiro atoms. The first-order valence-electron chi connectivity index (χ1n) is 4.77. The molecule has 0 N–H and O–H groups in total. The summed E-state index contributed by atoms with van der Waals surface area (Å²) in [7, 11) is 0. The number of hydrogen-bond donors (Lipinski definition) is 0. The van der Waals surface area contributed by atoms with E-state index in [1.165, 1.54) is 0 Å². The second kappa shape index (κ2) is 3.73. The fourth-order valence-corrected chi connectivity index (χ4v) is 1.45. The number of carboxylic acids is 1. The van der Waals surface area contributed by atoms with Gasteiger partial charge in [0.2, 0.25) is 0 Å². The zero-order valence-electron chi connectivity index (χ0n) is 8.32. The zero-order chi connectivity index (χ0) is 10.8. The Kier molecular flexibility index (Phi) is 2.41. The number of carbonyl (C=O) groups is 1. The van der Waals surface area contributed by atoms with Crippen molar-refractivity contribution in [3.05, 3.63) is 29.7 Å². The van der Waals surface area contributed by atoms with Gasteiger partial charge in [-0.3, -0.25) is 0 Å². The molecule has 1 aromatic heterocycles. The van der Waals surface area contributed by atoms with Gasteiger partial charge < -0.3 is 14.3 Å². The van der Waals surface area contributed by atoms with E-state index in [-0.39, 0.29) is 6.42 Å². The highest BCUT2D eigenvalue weighted by Gasteiger charge is 2.04. The smallest absolute Gasteiger partial charge is 0.195 e. The normalized spacial score (nSPS) is 10.7. The maximum atomic E-state index is 10.4. The van der Waals surface area contributed by atoms with E-state index < -0.39 is 5.97 Å². The number of aromatic nitrogens is 1. The molecule has 0 aliphatic heterocycles. The van der Waals surface area contributed by atoms with E-state index in [4.69, 9.17) is 4.42 Å². The summed E-state index contributed by atoms with van der Waals surface area (Å²) >= 11 is 0. The third-order valence-electron chi connectivity index (χ3n) is 2.15. The number of benzene rings is 1. The second-order valence-electron chi connectivity index (χ2n) is 3.31. The van der Waals surface area contributed by atoms with Crippen LogP contribution in [0.1, 0.15) is 18.4 Å². The number of oxazole rings is 1. The lowest BCUT2D eigenvalue weighted by Gasteiger charge is -2.00. The molecule has 0 aliphatic carbocycles. The third-order valence-corrected chi connectivity index (χ3v) is 2.15. The molecule has 0 saturated heterocycles. The SMILES string of the molecule is CCc1nc2cc(CC(=O)[O-])ccc2o1. The monoisotopic (exact) mass is 204 g/mol. The van der Waals surface area contributed by atoms with E-state index in [9.17, 15) is 9.90 Å². The Labute approximate surface area is 86.5 Å². The zero-order valence-corrected chi connectivity index (χ0v) is 8.32. The Hall–Kier alpha value is -1.84. The van der Waals surface area contributed by atoms with Crippen LogP contribution in [-0.2, 0) is 17.6 Å². The van der Waals surface area contributed by atoms with Crippen molar-refractivity contribution in [2.45, 2.75) is 19.8 Å². The lowest BCUT2D eigenvalue weighted by atomic mass is 10.1. The lowest BCUT2D eigenvalue weighted by Crippen LogP contribution is -2.24. The molecule has 0 bridgehead atoms. The summed E-state index contributed by atoms with van der Waals surface area (Å²) in [5.74, 6) is -0.427. The fourth-order valence-electron chi connectivity index (χ4n) is 1.45. The van der Waals surface area contributed by atoms with Gasteiger partial charge in [-0.05, 0) is 17.7 Å². The fraction of sp³-hybridized carbons (Fsp3) is 0.273. The Morgan fingerprint density at radius 3 is 3.00 bits per heavy atom. The number of aliphatic carboxylic acids is 1. The van der Waals surface area contributed by atoms with Gasteiger partial charge in [0.05, 0.1) is 0 Å². The number of carboxylic acid groups (broad SMARTS) is 1. The molecule has 15 heavy (non-hydrogen) atoms. The van der Waals surface area contributed by atoms with E-state index in [1.54, 1.807) is 18.2 Å². The molecule has 0 radical (unpaired) electrons. The predicted molar refractivity (Wildman–Crippen MR) is 52.1 cm³/mol. The number of aryl methyl sites for hydroxylation is 1. The molecule has 0 saturated carbocycles. The summed E-state index contributed by atoms with van der Waals surface area (Å²) < 4.78 is 5.40. The molecule has 2 aromatic rings. The summed E-state index contributed by atoms with van der Waals surface area (Å²) in [6.07, 6.45) is 0.634. The molecule has 0 fully saturated rings. The van der Waals surface area contributed by atoms with Crippen molar-refractivity contribution in [1.82, 2.24) is 4.98 Å². The van der Waals surface area contributed by atoms with Crippen molar-refractivity contribution in [2.75, 3.05) is 0 Å². The van der Waals surface area contributed by atoms with Gasteiger partial charge in [0.1, 0.15) is 5.52 Å². The second-order valence-corrected chi connectivity index (χ2v) is 3.31. The number of fused-ring (bicyclic) bond motifs is 1. The van der Waals surface area contributed by atoms with Gasteiger partial charge in [-0.15, -0.1) is 0 Å². The quantitative estimate of drug-likeness (QED) is 0.737. The van der Waals surface area contributed by atoms with Crippen LogP contribution in [0.2, 0.25) is 0 Å². The molecule has 1 aromatic carbocycles. The van der Waals surface area contributed by atoms with E-state index >= 15 is 0 Å². The van der Waals surface area contributed by atoms with Crippen molar-refractivity contribution in [1.29, 1.82) is 0 Å². The molecular weight excluding hydrogens is 194 g/mol. The first-order valence-corrected chi connectivity index (χ1v) is 4.77. The summed E-state index contributed by atoms with van der Waals surface area (Å²) in [5, 5.41) is 10.4. The van der Waals surface area contributed by atoms with E-state index in [2.05, 4.69) is 4.98 Å².